The molecule has 25 heavy (non-hydrogen) atoms. The van der Waals surface area contributed by atoms with Gasteiger partial charge in [0.05, 0.1) is 6.61 Å². The Hall–Kier alpha value is -1.55. The fourth-order valence-electron chi connectivity index (χ4n) is 4.34. The predicted molar refractivity (Wildman–Crippen MR) is 100 cm³/mol. The van der Waals surface area contributed by atoms with E-state index in [0.29, 0.717) is 36.9 Å². The Labute approximate surface area is 151 Å². The molecule has 2 fully saturated rings. The monoisotopic (exact) mass is 344 g/mol. The lowest BCUT2D eigenvalue weighted by molar-refractivity contribution is -0.128. The van der Waals surface area contributed by atoms with E-state index in [4.69, 9.17) is 10.5 Å². The van der Waals surface area contributed by atoms with Gasteiger partial charge in [0.2, 0.25) is 5.91 Å². The van der Waals surface area contributed by atoms with Crippen LogP contribution in [0.2, 0.25) is 0 Å². The lowest BCUT2D eigenvalue weighted by Crippen LogP contribution is -2.49. The Kier molecular flexibility index (Phi) is 6.00. The Morgan fingerprint density at radius 1 is 1.28 bits per heavy atom. The van der Waals surface area contributed by atoms with Gasteiger partial charge < -0.3 is 15.8 Å². The highest BCUT2D eigenvalue weighted by atomic mass is 16.5. The van der Waals surface area contributed by atoms with Crippen LogP contribution in [0.25, 0.3) is 0 Å². The van der Waals surface area contributed by atoms with Crippen LogP contribution in [-0.2, 0) is 11.3 Å². The van der Waals surface area contributed by atoms with Crippen molar-refractivity contribution in [1.29, 1.82) is 0 Å². The smallest absolute Gasteiger partial charge is 0.223 e. The molecule has 2 saturated carbocycles. The van der Waals surface area contributed by atoms with Crippen molar-refractivity contribution < 1.29 is 9.53 Å². The van der Waals surface area contributed by atoms with Crippen molar-refractivity contribution in [1.82, 2.24) is 5.32 Å². The first-order valence-corrected chi connectivity index (χ1v) is 9.78. The zero-order valence-electron chi connectivity index (χ0n) is 15.5. The topological polar surface area (TPSA) is 64.3 Å². The molecule has 2 atom stereocenters. The molecule has 2 aliphatic rings. The summed E-state index contributed by atoms with van der Waals surface area (Å²) in [4.78, 5) is 12.6. The first-order valence-electron chi connectivity index (χ1n) is 9.78. The molecular weight excluding hydrogens is 312 g/mol. The molecule has 1 aromatic carbocycles. The van der Waals surface area contributed by atoms with Gasteiger partial charge in [-0.05, 0) is 61.1 Å². The first-order chi connectivity index (χ1) is 12.0. The average Bonchev–Trinajstić information content (AvgIpc) is 2.58. The van der Waals surface area contributed by atoms with E-state index in [2.05, 4.69) is 19.2 Å². The molecule has 1 amide bonds. The number of nitrogens with two attached hydrogens (primary N) is 1. The van der Waals surface area contributed by atoms with Gasteiger partial charge in [-0.15, -0.1) is 0 Å². The molecule has 138 valence electrons. The average molecular weight is 344 g/mol. The predicted octanol–water partition coefficient (Wildman–Crippen LogP) is 3.49. The third-order valence-corrected chi connectivity index (χ3v) is 5.73. The minimum absolute atomic E-state index is 0.135. The van der Waals surface area contributed by atoms with Crippen LogP contribution in [0.5, 0.6) is 5.75 Å². The van der Waals surface area contributed by atoms with Gasteiger partial charge in [0.1, 0.15) is 5.75 Å². The molecule has 0 aliphatic heterocycles. The van der Waals surface area contributed by atoms with E-state index in [9.17, 15) is 4.79 Å². The molecular formula is C21H32N2O2. The molecule has 2 aliphatic carbocycles. The van der Waals surface area contributed by atoms with Crippen LogP contribution in [0.15, 0.2) is 24.3 Å². The molecule has 4 nitrogen and oxygen atoms in total. The van der Waals surface area contributed by atoms with Gasteiger partial charge in [-0.1, -0.05) is 32.4 Å². The third kappa shape index (κ3) is 4.75. The Morgan fingerprint density at radius 3 is 2.68 bits per heavy atom. The van der Waals surface area contributed by atoms with Crippen LogP contribution in [0.3, 0.4) is 0 Å². The van der Waals surface area contributed by atoms with Crippen LogP contribution in [0.4, 0.5) is 0 Å². The molecule has 3 N–H and O–H groups in total. The van der Waals surface area contributed by atoms with Crippen molar-refractivity contribution in [2.24, 2.45) is 29.4 Å². The minimum Gasteiger partial charge on any atom is -0.493 e. The van der Waals surface area contributed by atoms with E-state index in [-0.39, 0.29) is 11.8 Å². The summed E-state index contributed by atoms with van der Waals surface area (Å²) in [6, 6.07) is 8.33. The molecule has 4 heteroatoms. The van der Waals surface area contributed by atoms with Crippen LogP contribution >= 0.6 is 0 Å². The van der Waals surface area contributed by atoms with Gasteiger partial charge in [-0.2, -0.15) is 0 Å². The summed E-state index contributed by atoms with van der Waals surface area (Å²) in [5.74, 6) is 2.78. The van der Waals surface area contributed by atoms with E-state index in [1.54, 1.807) is 0 Å². The fraction of sp³-hybridized carbons (Fsp3) is 0.667. The van der Waals surface area contributed by atoms with Gasteiger partial charge in [0.15, 0.2) is 0 Å². The summed E-state index contributed by atoms with van der Waals surface area (Å²) in [6.07, 6.45) is 5.58. The Morgan fingerprint density at radius 2 is 2.00 bits per heavy atom. The Bertz CT molecular complexity index is 573. The van der Waals surface area contributed by atoms with E-state index in [1.165, 1.54) is 19.3 Å². The maximum atomic E-state index is 12.6. The second-order valence-corrected chi connectivity index (χ2v) is 8.27. The summed E-state index contributed by atoms with van der Waals surface area (Å²) in [7, 11) is 0. The van der Waals surface area contributed by atoms with E-state index in [1.807, 2.05) is 24.3 Å². The number of hydrogen-bond donors (Lipinski definition) is 2. The van der Waals surface area contributed by atoms with Crippen molar-refractivity contribution >= 4 is 5.91 Å². The van der Waals surface area contributed by atoms with E-state index in [0.717, 1.165) is 24.2 Å². The molecule has 2 bridgehead atoms. The fourth-order valence-corrected chi connectivity index (χ4v) is 4.34. The van der Waals surface area contributed by atoms with Gasteiger partial charge in [0, 0.05) is 18.5 Å². The highest BCUT2D eigenvalue weighted by Gasteiger charge is 2.40. The number of rotatable bonds is 6. The normalized spacial score (nSPS) is 28.6. The van der Waals surface area contributed by atoms with Gasteiger partial charge >= 0.3 is 0 Å². The lowest BCUT2D eigenvalue weighted by Gasteiger charge is -2.43. The van der Waals surface area contributed by atoms with E-state index < -0.39 is 0 Å². The van der Waals surface area contributed by atoms with Crippen LogP contribution in [-0.4, -0.2) is 18.6 Å². The summed E-state index contributed by atoms with van der Waals surface area (Å²) < 4.78 is 5.77. The van der Waals surface area contributed by atoms with Crippen molar-refractivity contribution in [3.63, 3.8) is 0 Å². The molecule has 2 unspecified atom stereocenters. The third-order valence-electron chi connectivity index (χ3n) is 5.73. The summed E-state index contributed by atoms with van der Waals surface area (Å²) in [5.41, 5.74) is 7.42. The number of carbonyl (C=O) groups is 1. The molecule has 0 aromatic heterocycles. The molecule has 1 aromatic rings. The maximum absolute atomic E-state index is 12.6. The SMILES string of the molecule is CC(C)COc1cccc(CNC(=O)C2CC3CCCC(C2)C3N)c1. The number of benzene rings is 1. The van der Waals surface area contributed by atoms with Crippen LogP contribution in [0, 0.1) is 23.7 Å². The molecule has 3 rings (SSSR count). The maximum Gasteiger partial charge on any atom is 0.223 e. The van der Waals surface area contributed by atoms with Gasteiger partial charge in [0.25, 0.3) is 0 Å². The largest absolute Gasteiger partial charge is 0.493 e. The number of nitrogens with one attached hydrogen (secondary N) is 1. The second kappa shape index (κ2) is 8.22. The Balaban J connectivity index is 1.51. The zero-order valence-corrected chi connectivity index (χ0v) is 15.5. The summed E-state index contributed by atoms with van der Waals surface area (Å²) in [5, 5.41) is 3.13. The van der Waals surface area contributed by atoms with Crippen molar-refractivity contribution in [2.75, 3.05) is 6.61 Å². The van der Waals surface area contributed by atoms with Crippen molar-refractivity contribution in [2.45, 2.75) is 58.5 Å². The second-order valence-electron chi connectivity index (χ2n) is 8.27. The van der Waals surface area contributed by atoms with Gasteiger partial charge in [-0.25, -0.2) is 0 Å². The number of ether oxygens (including phenoxy) is 1. The lowest BCUT2D eigenvalue weighted by atomic mass is 9.65. The molecule has 0 spiro atoms. The first kappa shape index (κ1) is 18.2. The molecule has 0 saturated heterocycles. The molecule has 0 radical (unpaired) electrons. The summed E-state index contributed by atoms with van der Waals surface area (Å²) in [6.45, 7) is 5.54. The zero-order chi connectivity index (χ0) is 17.8. The van der Waals surface area contributed by atoms with Crippen molar-refractivity contribution in [3.8, 4) is 5.75 Å². The van der Waals surface area contributed by atoms with E-state index >= 15 is 0 Å². The molecule has 0 heterocycles. The van der Waals surface area contributed by atoms with Crippen LogP contribution < -0.4 is 15.8 Å². The number of hydrogen-bond acceptors (Lipinski definition) is 3. The highest BCUT2D eigenvalue weighted by molar-refractivity contribution is 5.78. The number of fused-ring (bicyclic) bond motifs is 2. The quantitative estimate of drug-likeness (QED) is 0.830. The minimum atomic E-state index is 0.135. The number of carbonyl (C=O) groups excluding carboxylic acids is 1. The number of amides is 1. The highest BCUT2D eigenvalue weighted by Crippen LogP contribution is 2.41. The summed E-state index contributed by atoms with van der Waals surface area (Å²) >= 11 is 0. The van der Waals surface area contributed by atoms with Crippen LogP contribution in [0.1, 0.15) is 51.5 Å². The van der Waals surface area contributed by atoms with Gasteiger partial charge in [-0.3, -0.25) is 4.79 Å². The van der Waals surface area contributed by atoms with Crippen molar-refractivity contribution in [3.05, 3.63) is 29.8 Å². The standard InChI is InChI=1S/C21H32N2O2/c1-14(2)13-25-19-8-3-5-15(9-19)12-23-21(24)18-10-16-6-4-7-17(11-18)20(16)22/h3,5,8-9,14,16-18,20H,4,6-7,10-13,22H2,1-2H3,(H,23,24).